The zero-order valence-electron chi connectivity index (χ0n) is 27.6. The van der Waals surface area contributed by atoms with Crippen LogP contribution in [0.5, 0.6) is 0 Å². The van der Waals surface area contributed by atoms with Crippen molar-refractivity contribution in [3.05, 3.63) is 188 Å². The summed E-state index contributed by atoms with van der Waals surface area (Å²) in [5.74, 6) is 0. The number of hydrogen-bond donors (Lipinski definition) is 0. The van der Waals surface area contributed by atoms with E-state index >= 15 is 0 Å². The van der Waals surface area contributed by atoms with Gasteiger partial charge in [0, 0.05) is 43.8 Å². The molecular weight excluding hydrogens is 605 g/mol. The Morgan fingerprint density at radius 2 is 1.00 bits per heavy atom. The van der Waals surface area contributed by atoms with Gasteiger partial charge in [-0.25, -0.2) is 0 Å². The molecule has 2 heterocycles. The van der Waals surface area contributed by atoms with Gasteiger partial charge in [-0.15, -0.1) is 0 Å². The predicted octanol–water partition coefficient (Wildman–Crippen LogP) is 12.9. The molecule has 1 unspecified atom stereocenters. The fourth-order valence-electron chi connectivity index (χ4n) is 8.10. The molecule has 2 nitrogen and oxygen atoms in total. The van der Waals surface area contributed by atoms with Gasteiger partial charge in [0.25, 0.3) is 0 Å². The number of nitrogens with zero attached hydrogens (tertiary/aromatic N) is 2. The molecule has 0 N–H and O–H groups in total. The third-order valence-electron chi connectivity index (χ3n) is 10.4. The molecule has 2 aromatic heterocycles. The first-order valence-electron chi connectivity index (χ1n) is 17.5. The van der Waals surface area contributed by atoms with E-state index in [0.29, 0.717) is 6.04 Å². The number of rotatable bonds is 5. The lowest BCUT2D eigenvalue weighted by Crippen LogP contribution is -2.06. The van der Waals surface area contributed by atoms with E-state index < -0.39 is 0 Å². The Hall–Kier alpha value is -6.38. The van der Waals surface area contributed by atoms with Crippen molar-refractivity contribution in [3.63, 3.8) is 0 Å². The first-order chi connectivity index (χ1) is 24.8. The molecule has 10 rings (SSSR count). The maximum atomic E-state index is 2.52. The SMILES string of the molecule is C1=CCC(n2c3ccccc3c3cc(-c4cc(-c5ccccc5)cc5c6ccccc6n(-c6ccc(-c7ccccc7)cc6)c45)ccc32)C=C1. The first kappa shape index (κ1) is 28.6. The zero-order chi connectivity index (χ0) is 33.0. The fourth-order valence-corrected chi connectivity index (χ4v) is 8.10. The average molecular weight is 639 g/mol. The van der Waals surface area contributed by atoms with Gasteiger partial charge in [0.1, 0.15) is 0 Å². The first-order valence-corrected chi connectivity index (χ1v) is 17.5. The summed E-state index contributed by atoms with van der Waals surface area (Å²) in [6, 6.07) is 60.4. The van der Waals surface area contributed by atoms with Gasteiger partial charge in [-0.3, -0.25) is 0 Å². The molecule has 0 fully saturated rings. The molecular formula is C48H34N2. The number of hydrogen-bond acceptors (Lipinski definition) is 0. The molecule has 2 heteroatoms. The van der Waals surface area contributed by atoms with Crippen molar-refractivity contribution in [3.8, 4) is 39.1 Å². The van der Waals surface area contributed by atoms with Crippen LogP contribution in [0.2, 0.25) is 0 Å². The highest BCUT2D eigenvalue weighted by molar-refractivity contribution is 6.16. The Morgan fingerprint density at radius 3 is 1.72 bits per heavy atom. The summed E-state index contributed by atoms with van der Waals surface area (Å²) in [7, 11) is 0. The van der Waals surface area contributed by atoms with Gasteiger partial charge in [0.05, 0.1) is 17.1 Å². The van der Waals surface area contributed by atoms with E-state index in [1.165, 1.54) is 77.0 Å². The molecule has 0 bridgehead atoms. The van der Waals surface area contributed by atoms with Crippen LogP contribution >= 0.6 is 0 Å². The molecule has 9 aromatic rings. The largest absolute Gasteiger partial charge is 0.333 e. The Morgan fingerprint density at radius 1 is 0.420 bits per heavy atom. The minimum Gasteiger partial charge on any atom is -0.333 e. The van der Waals surface area contributed by atoms with Crippen molar-refractivity contribution < 1.29 is 0 Å². The van der Waals surface area contributed by atoms with Crippen LogP contribution in [-0.2, 0) is 0 Å². The van der Waals surface area contributed by atoms with E-state index in [-0.39, 0.29) is 0 Å². The summed E-state index contributed by atoms with van der Waals surface area (Å²) in [4.78, 5) is 0. The standard InChI is InChI=1S/C48H34N2/c1-4-14-33(15-5-1)35-24-27-39(28-25-35)50-46-23-13-11-21-41(46)44-32-37(34-16-6-2-7-17-34)31-42(48(44)50)36-26-29-47-43(30-36)40-20-10-12-22-45(40)49(47)38-18-8-3-9-19-38/h1-18,20-32,38H,19H2. The van der Waals surface area contributed by atoms with Crippen LogP contribution in [0.1, 0.15) is 12.5 Å². The normalized spacial score (nSPS) is 14.4. The van der Waals surface area contributed by atoms with Crippen molar-refractivity contribution in [2.75, 3.05) is 0 Å². The molecule has 1 aliphatic carbocycles. The lowest BCUT2D eigenvalue weighted by atomic mass is 9.94. The Kier molecular flexibility index (Phi) is 6.67. The number of para-hydroxylation sites is 2. The van der Waals surface area contributed by atoms with Crippen LogP contribution in [0.15, 0.2) is 188 Å². The summed E-state index contributed by atoms with van der Waals surface area (Å²) < 4.78 is 4.99. The number of fused-ring (bicyclic) bond motifs is 6. The highest BCUT2D eigenvalue weighted by atomic mass is 15.0. The molecule has 0 spiro atoms. The molecule has 236 valence electrons. The highest BCUT2D eigenvalue weighted by Gasteiger charge is 2.21. The van der Waals surface area contributed by atoms with Crippen molar-refractivity contribution >= 4 is 43.6 Å². The van der Waals surface area contributed by atoms with Gasteiger partial charge < -0.3 is 9.13 Å². The third kappa shape index (κ3) is 4.57. The molecule has 0 radical (unpaired) electrons. The monoisotopic (exact) mass is 638 g/mol. The van der Waals surface area contributed by atoms with Gasteiger partial charge in [0.15, 0.2) is 0 Å². The molecule has 0 saturated carbocycles. The average Bonchev–Trinajstić information content (AvgIpc) is 3.71. The predicted molar refractivity (Wildman–Crippen MR) is 212 cm³/mol. The summed E-state index contributed by atoms with van der Waals surface area (Å²) in [5.41, 5.74) is 13.4. The minimum atomic E-state index is 0.294. The molecule has 1 atom stereocenters. The van der Waals surface area contributed by atoms with Crippen LogP contribution in [0.3, 0.4) is 0 Å². The summed E-state index contributed by atoms with van der Waals surface area (Å²) in [6.07, 6.45) is 9.93. The second kappa shape index (κ2) is 11.6. The van der Waals surface area contributed by atoms with Gasteiger partial charge in [-0.2, -0.15) is 0 Å². The summed E-state index contributed by atoms with van der Waals surface area (Å²) >= 11 is 0. The van der Waals surface area contributed by atoms with Crippen LogP contribution in [0.4, 0.5) is 0 Å². The Bertz CT molecular complexity index is 2760. The number of aromatic nitrogens is 2. The topological polar surface area (TPSA) is 9.86 Å². The quantitative estimate of drug-likeness (QED) is 0.178. The van der Waals surface area contributed by atoms with Crippen molar-refractivity contribution in [2.45, 2.75) is 12.5 Å². The maximum absolute atomic E-state index is 2.52. The smallest absolute Gasteiger partial charge is 0.0619 e. The molecule has 0 aliphatic heterocycles. The summed E-state index contributed by atoms with van der Waals surface area (Å²) in [5, 5.41) is 5.09. The maximum Gasteiger partial charge on any atom is 0.0619 e. The third-order valence-corrected chi connectivity index (χ3v) is 10.4. The minimum absolute atomic E-state index is 0.294. The lowest BCUT2D eigenvalue weighted by molar-refractivity contribution is 0.648. The van der Waals surface area contributed by atoms with Crippen LogP contribution in [0, 0.1) is 0 Å². The summed E-state index contributed by atoms with van der Waals surface area (Å²) in [6.45, 7) is 0. The lowest BCUT2D eigenvalue weighted by Gasteiger charge is -2.18. The number of allylic oxidation sites excluding steroid dienone is 4. The van der Waals surface area contributed by atoms with E-state index in [4.69, 9.17) is 0 Å². The highest BCUT2D eigenvalue weighted by Crippen LogP contribution is 2.43. The van der Waals surface area contributed by atoms with E-state index in [0.717, 1.165) is 12.1 Å². The van der Waals surface area contributed by atoms with Crippen molar-refractivity contribution in [2.24, 2.45) is 0 Å². The van der Waals surface area contributed by atoms with Crippen molar-refractivity contribution in [1.82, 2.24) is 9.13 Å². The van der Waals surface area contributed by atoms with Gasteiger partial charge >= 0.3 is 0 Å². The molecule has 1 aliphatic rings. The van der Waals surface area contributed by atoms with Gasteiger partial charge in [-0.1, -0.05) is 140 Å². The second-order valence-corrected chi connectivity index (χ2v) is 13.3. The molecule has 7 aromatic carbocycles. The van der Waals surface area contributed by atoms with Crippen LogP contribution in [0.25, 0.3) is 82.7 Å². The van der Waals surface area contributed by atoms with Crippen molar-refractivity contribution in [1.29, 1.82) is 0 Å². The Labute approximate surface area is 291 Å². The zero-order valence-corrected chi connectivity index (χ0v) is 27.6. The number of benzene rings is 7. The molecule has 0 amide bonds. The van der Waals surface area contributed by atoms with Crippen LogP contribution < -0.4 is 0 Å². The van der Waals surface area contributed by atoms with E-state index in [9.17, 15) is 0 Å². The van der Waals surface area contributed by atoms with E-state index in [2.05, 4.69) is 197 Å². The van der Waals surface area contributed by atoms with Crippen LogP contribution in [-0.4, -0.2) is 9.13 Å². The van der Waals surface area contributed by atoms with Gasteiger partial charge in [0.2, 0.25) is 0 Å². The Balaban J connectivity index is 1.26. The fraction of sp³-hybridized carbons (Fsp3) is 0.0417. The molecule has 0 saturated heterocycles. The van der Waals surface area contributed by atoms with E-state index in [1.807, 2.05) is 0 Å². The van der Waals surface area contributed by atoms with E-state index in [1.54, 1.807) is 0 Å². The molecule has 50 heavy (non-hydrogen) atoms. The van der Waals surface area contributed by atoms with Gasteiger partial charge in [-0.05, 0) is 82.8 Å². The second-order valence-electron chi connectivity index (χ2n) is 13.3.